The Morgan fingerprint density at radius 1 is 0.920 bits per heavy atom. The summed E-state index contributed by atoms with van der Waals surface area (Å²) in [5.74, 6) is 1.31. The SMILES string of the molecule is Cc1cc(Oc2nccc3occc23)ccc1-c1c(C)cncc1C. The Hall–Kier alpha value is -3.14. The Morgan fingerprint density at radius 2 is 1.72 bits per heavy atom. The van der Waals surface area contributed by atoms with Gasteiger partial charge in [0.2, 0.25) is 5.88 Å². The fourth-order valence-electron chi connectivity index (χ4n) is 3.17. The van der Waals surface area contributed by atoms with Gasteiger partial charge in [0.05, 0.1) is 11.6 Å². The zero-order valence-corrected chi connectivity index (χ0v) is 14.4. The van der Waals surface area contributed by atoms with Gasteiger partial charge in [0.15, 0.2) is 0 Å². The fraction of sp³-hybridized carbons (Fsp3) is 0.143. The van der Waals surface area contributed by atoms with Crippen molar-refractivity contribution in [3.8, 4) is 22.8 Å². The van der Waals surface area contributed by atoms with Crippen molar-refractivity contribution >= 4 is 11.0 Å². The molecule has 124 valence electrons. The van der Waals surface area contributed by atoms with Crippen molar-refractivity contribution in [2.75, 3.05) is 0 Å². The summed E-state index contributed by atoms with van der Waals surface area (Å²) in [5.41, 5.74) is 6.67. The molecule has 4 rings (SSSR count). The normalized spacial score (nSPS) is 11.0. The number of aromatic nitrogens is 2. The average Bonchev–Trinajstić information content (AvgIpc) is 3.06. The molecule has 0 aliphatic heterocycles. The number of aryl methyl sites for hydroxylation is 3. The topological polar surface area (TPSA) is 48.2 Å². The first-order valence-electron chi connectivity index (χ1n) is 8.16. The summed E-state index contributed by atoms with van der Waals surface area (Å²) >= 11 is 0. The van der Waals surface area contributed by atoms with Gasteiger partial charge in [0, 0.05) is 18.6 Å². The van der Waals surface area contributed by atoms with Crippen LogP contribution in [0.4, 0.5) is 0 Å². The summed E-state index contributed by atoms with van der Waals surface area (Å²) in [6.45, 7) is 6.26. The first-order chi connectivity index (χ1) is 12.1. The van der Waals surface area contributed by atoms with Crippen LogP contribution in [0.5, 0.6) is 11.6 Å². The molecule has 0 bridgehead atoms. The molecule has 25 heavy (non-hydrogen) atoms. The Labute approximate surface area is 146 Å². The molecule has 0 saturated heterocycles. The standard InChI is InChI=1S/C21H18N2O2/c1-13-10-16(25-21-18-7-9-24-19(18)6-8-23-21)4-5-17(13)20-14(2)11-22-12-15(20)3/h4-12H,1-3H3. The van der Waals surface area contributed by atoms with E-state index in [1.54, 1.807) is 12.5 Å². The predicted octanol–water partition coefficient (Wildman–Crippen LogP) is 5.61. The summed E-state index contributed by atoms with van der Waals surface area (Å²) in [7, 11) is 0. The highest BCUT2D eigenvalue weighted by atomic mass is 16.5. The monoisotopic (exact) mass is 330 g/mol. The van der Waals surface area contributed by atoms with Crippen molar-refractivity contribution in [3.05, 3.63) is 71.9 Å². The van der Waals surface area contributed by atoms with Crippen LogP contribution in [0.25, 0.3) is 22.1 Å². The van der Waals surface area contributed by atoms with Crippen molar-refractivity contribution in [1.82, 2.24) is 9.97 Å². The maximum absolute atomic E-state index is 6.00. The van der Waals surface area contributed by atoms with Gasteiger partial charge in [-0.3, -0.25) is 4.98 Å². The fourth-order valence-corrected chi connectivity index (χ4v) is 3.17. The van der Waals surface area contributed by atoms with Crippen LogP contribution in [0, 0.1) is 20.8 Å². The molecule has 3 aromatic heterocycles. The van der Waals surface area contributed by atoms with Gasteiger partial charge in [-0.1, -0.05) is 6.07 Å². The molecule has 0 amide bonds. The van der Waals surface area contributed by atoms with Gasteiger partial charge in [-0.25, -0.2) is 4.98 Å². The molecule has 0 atom stereocenters. The number of fused-ring (bicyclic) bond motifs is 1. The van der Waals surface area contributed by atoms with Gasteiger partial charge in [0.25, 0.3) is 0 Å². The zero-order chi connectivity index (χ0) is 17.4. The molecule has 4 nitrogen and oxygen atoms in total. The predicted molar refractivity (Wildman–Crippen MR) is 98.0 cm³/mol. The number of nitrogens with zero attached hydrogens (tertiary/aromatic N) is 2. The van der Waals surface area contributed by atoms with E-state index >= 15 is 0 Å². The first-order valence-corrected chi connectivity index (χ1v) is 8.16. The van der Waals surface area contributed by atoms with Gasteiger partial charge in [-0.05, 0) is 72.9 Å². The van der Waals surface area contributed by atoms with Crippen molar-refractivity contribution in [1.29, 1.82) is 0 Å². The van der Waals surface area contributed by atoms with Crippen LogP contribution in [-0.4, -0.2) is 9.97 Å². The largest absolute Gasteiger partial charge is 0.464 e. The summed E-state index contributed by atoms with van der Waals surface area (Å²) in [4.78, 5) is 8.58. The summed E-state index contributed by atoms with van der Waals surface area (Å²) in [6.07, 6.45) is 7.13. The maximum Gasteiger partial charge on any atom is 0.230 e. The van der Waals surface area contributed by atoms with Crippen LogP contribution < -0.4 is 4.74 Å². The van der Waals surface area contributed by atoms with E-state index in [2.05, 4.69) is 36.8 Å². The van der Waals surface area contributed by atoms with Gasteiger partial charge >= 0.3 is 0 Å². The van der Waals surface area contributed by atoms with Gasteiger partial charge in [-0.2, -0.15) is 0 Å². The number of pyridine rings is 2. The Bertz CT molecular complexity index is 1050. The summed E-state index contributed by atoms with van der Waals surface area (Å²) in [5, 5.41) is 0.866. The molecule has 4 aromatic rings. The highest BCUT2D eigenvalue weighted by Gasteiger charge is 2.11. The van der Waals surface area contributed by atoms with Crippen LogP contribution >= 0.6 is 0 Å². The molecular weight excluding hydrogens is 312 g/mol. The Kier molecular flexibility index (Phi) is 3.73. The number of ether oxygens (including phenoxy) is 1. The van der Waals surface area contributed by atoms with Crippen molar-refractivity contribution in [3.63, 3.8) is 0 Å². The molecular formula is C21H18N2O2. The molecule has 0 aliphatic rings. The van der Waals surface area contributed by atoms with Gasteiger partial charge in [-0.15, -0.1) is 0 Å². The van der Waals surface area contributed by atoms with Crippen LogP contribution in [0.3, 0.4) is 0 Å². The lowest BCUT2D eigenvalue weighted by molar-refractivity contribution is 0.468. The highest BCUT2D eigenvalue weighted by Crippen LogP contribution is 2.34. The number of benzene rings is 1. The van der Waals surface area contributed by atoms with E-state index in [1.807, 2.05) is 36.7 Å². The second-order valence-electron chi connectivity index (χ2n) is 6.18. The van der Waals surface area contributed by atoms with Crippen LogP contribution in [-0.2, 0) is 0 Å². The van der Waals surface area contributed by atoms with E-state index in [0.717, 1.165) is 22.3 Å². The molecule has 0 radical (unpaired) electrons. The molecule has 0 unspecified atom stereocenters. The third-order valence-corrected chi connectivity index (χ3v) is 4.35. The first kappa shape index (κ1) is 15.4. The van der Waals surface area contributed by atoms with E-state index in [4.69, 9.17) is 9.15 Å². The lowest BCUT2D eigenvalue weighted by atomic mass is 9.94. The molecule has 0 fully saturated rings. The number of hydrogen-bond acceptors (Lipinski definition) is 4. The van der Waals surface area contributed by atoms with E-state index in [1.165, 1.54) is 22.3 Å². The molecule has 1 aromatic carbocycles. The third kappa shape index (κ3) is 2.76. The van der Waals surface area contributed by atoms with Gasteiger partial charge < -0.3 is 9.15 Å². The van der Waals surface area contributed by atoms with Crippen LogP contribution in [0.15, 0.2) is 59.6 Å². The number of hydrogen-bond donors (Lipinski definition) is 0. The minimum Gasteiger partial charge on any atom is -0.464 e. The molecule has 0 N–H and O–H groups in total. The smallest absolute Gasteiger partial charge is 0.230 e. The quantitative estimate of drug-likeness (QED) is 0.490. The van der Waals surface area contributed by atoms with Gasteiger partial charge in [0.1, 0.15) is 11.3 Å². The van der Waals surface area contributed by atoms with Crippen molar-refractivity contribution in [2.24, 2.45) is 0 Å². The summed E-state index contributed by atoms with van der Waals surface area (Å²) < 4.78 is 11.4. The molecule has 0 saturated carbocycles. The molecule has 4 heteroatoms. The van der Waals surface area contributed by atoms with E-state index < -0.39 is 0 Å². The second-order valence-corrected chi connectivity index (χ2v) is 6.18. The van der Waals surface area contributed by atoms with Crippen molar-refractivity contribution < 1.29 is 9.15 Å². The lowest BCUT2D eigenvalue weighted by Crippen LogP contribution is -1.94. The van der Waals surface area contributed by atoms with Crippen LogP contribution in [0.1, 0.15) is 16.7 Å². The molecule has 0 aliphatic carbocycles. The second kappa shape index (κ2) is 6.06. The number of furan rings is 1. The minimum atomic E-state index is 0.551. The van der Waals surface area contributed by atoms with E-state index in [-0.39, 0.29) is 0 Å². The van der Waals surface area contributed by atoms with E-state index in [0.29, 0.717) is 5.88 Å². The highest BCUT2D eigenvalue weighted by molar-refractivity contribution is 5.82. The number of rotatable bonds is 3. The third-order valence-electron chi connectivity index (χ3n) is 4.35. The van der Waals surface area contributed by atoms with Crippen molar-refractivity contribution in [2.45, 2.75) is 20.8 Å². The van der Waals surface area contributed by atoms with Crippen LogP contribution in [0.2, 0.25) is 0 Å². The zero-order valence-electron chi connectivity index (χ0n) is 14.4. The average molecular weight is 330 g/mol. The molecule has 3 heterocycles. The molecule has 0 spiro atoms. The Morgan fingerprint density at radius 3 is 2.48 bits per heavy atom. The lowest BCUT2D eigenvalue weighted by Gasteiger charge is -2.14. The van der Waals surface area contributed by atoms with E-state index in [9.17, 15) is 0 Å². The Balaban J connectivity index is 1.72. The maximum atomic E-state index is 6.00. The minimum absolute atomic E-state index is 0.551. The summed E-state index contributed by atoms with van der Waals surface area (Å²) in [6, 6.07) is 9.79.